The summed E-state index contributed by atoms with van der Waals surface area (Å²) in [5, 5.41) is 20.2. The highest BCUT2D eigenvalue weighted by Gasteiger charge is 2.37. The summed E-state index contributed by atoms with van der Waals surface area (Å²) in [6.45, 7) is 3.88. The van der Waals surface area contributed by atoms with Gasteiger partial charge in [0.25, 0.3) is 0 Å². The first-order chi connectivity index (χ1) is 23.7. The number of carboxylic acid groups (broad SMARTS) is 1. The molecular formula is C37H35FN4O7. The van der Waals surface area contributed by atoms with Gasteiger partial charge in [-0.05, 0) is 50.0 Å². The molecule has 12 heteroatoms. The highest BCUT2D eigenvalue weighted by atomic mass is 19.1. The number of carbonyl (C=O) groups is 1. The molecule has 0 unspecified atom stereocenters. The van der Waals surface area contributed by atoms with Crippen LogP contribution < -0.4 is 9.80 Å². The average Bonchev–Trinajstić information content (AvgIpc) is 3.96. The lowest BCUT2D eigenvalue weighted by molar-refractivity contribution is -0.132. The van der Waals surface area contributed by atoms with E-state index in [1.54, 1.807) is 31.1 Å². The Bertz CT molecular complexity index is 1890. The number of anilines is 2. The molecule has 3 aliphatic heterocycles. The number of rotatable bonds is 11. The number of carbonyl (C=O) groups excluding carboxylic acids is 3. The van der Waals surface area contributed by atoms with Crippen molar-refractivity contribution < 1.29 is 38.5 Å². The fraction of sp³-hybridized carbons (Fsp3) is 0.324. The Morgan fingerprint density at radius 2 is 1.78 bits per heavy atom. The Hall–Kier alpha value is -5.63. The molecule has 2 aromatic carbocycles. The molecule has 2 fully saturated rings. The number of aliphatic hydroxyl groups is 1. The third-order valence-electron chi connectivity index (χ3n) is 9.27. The van der Waals surface area contributed by atoms with Crippen molar-refractivity contribution in [2.24, 2.45) is 0 Å². The second-order valence-corrected chi connectivity index (χ2v) is 12.4. The first-order valence-corrected chi connectivity index (χ1v) is 16.0. The third kappa shape index (κ3) is 6.99. The minimum Gasteiger partial charge on any atom is -0.505 e. The largest absolute Gasteiger partial charge is 0.505 e. The van der Waals surface area contributed by atoms with Gasteiger partial charge in [-0.2, -0.15) is 0 Å². The van der Waals surface area contributed by atoms with Gasteiger partial charge in [0.05, 0.1) is 40.8 Å². The monoisotopic (exact) mass is 666 g/mol. The zero-order chi connectivity index (χ0) is 34.7. The summed E-state index contributed by atoms with van der Waals surface area (Å²) in [6, 6.07) is 12.4. The van der Waals surface area contributed by atoms with Crippen molar-refractivity contribution in [3.8, 4) is 0 Å². The molecule has 0 spiro atoms. The minimum absolute atomic E-state index is 0.0583. The zero-order valence-electron chi connectivity index (χ0n) is 26.9. The van der Waals surface area contributed by atoms with Gasteiger partial charge in [-0.15, -0.1) is 0 Å². The van der Waals surface area contributed by atoms with Crippen LogP contribution in [0.4, 0.5) is 15.8 Å². The predicted molar refractivity (Wildman–Crippen MR) is 180 cm³/mol. The lowest BCUT2D eigenvalue weighted by Crippen LogP contribution is -2.47. The van der Waals surface area contributed by atoms with Crippen LogP contribution in [0.5, 0.6) is 0 Å². The van der Waals surface area contributed by atoms with Crippen LogP contribution in [0.2, 0.25) is 0 Å². The fourth-order valence-corrected chi connectivity index (χ4v) is 6.47. The van der Waals surface area contributed by atoms with E-state index in [2.05, 4.69) is 0 Å². The molecule has 6 rings (SSSR count). The zero-order valence-corrected chi connectivity index (χ0v) is 26.9. The maximum Gasteiger partial charge on any atom is 0.338 e. The standard InChI is InChI=1S/C37H35FN4O7/c1-24-36(46)26(20-43)9-10-41(24)28(15-25-5-3-2-4-6-25)23-49-29(21-44)18-39-11-13-40(14-12-39)35-17-34-30(16-33(35)38)32(22-45)31(37(47)48)19-42(34)27-7-8-27/h2-6,9-10,16-17,19,27-28,46H,7-8,11-15,18,23H2,1H3,(H,47,48)/t28-/m1/s1. The van der Waals surface area contributed by atoms with E-state index in [9.17, 15) is 29.4 Å². The number of hydrogen-bond donors (Lipinski definition) is 2. The Balaban J connectivity index is 1.12. The maximum atomic E-state index is 15.6. The Kier molecular flexibility index (Phi) is 9.67. The normalized spacial score (nSPS) is 18.3. The average molecular weight is 667 g/mol. The molecule has 1 atom stereocenters. The number of aliphatic hydroxyl groups excluding tert-OH is 1. The van der Waals surface area contributed by atoms with Crippen LogP contribution in [0.1, 0.15) is 30.9 Å². The van der Waals surface area contributed by atoms with Crippen molar-refractivity contribution >= 4 is 40.7 Å². The van der Waals surface area contributed by atoms with E-state index in [1.807, 2.05) is 55.9 Å². The number of ether oxygens (including phenoxy) is 1. The number of fused-ring (bicyclic) bond motifs is 1. The quantitative estimate of drug-likeness (QED) is 0.268. The molecule has 3 heterocycles. The van der Waals surface area contributed by atoms with Crippen LogP contribution in [0.3, 0.4) is 0 Å². The molecule has 11 nitrogen and oxygen atoms in total. The van der Waals surface area contributed by atoms with Gasteiger partial charge >= 0.3 is 5.97 Å². The van der Waals surface area contributed by atoms with E-state index in [1.165, 1.54) is 18.3 Å². The SMILES string of the molecule is CC1=C(O)C(=C=O)C=CN1[C@@H](COC(=C=O)CN1CCN(c2cc3c(cc2F)C(=C=O)C(C(=O)O)=CN3C2CC2)CC1)Cc1ccccc1. The van der Waals surface area contributed by atoms with Crippen LogP contribution in [-0.4, -0.2) is 95.2 Å². The summed E-state index contributed by atoms with van der Waals surface area (Å²) in [4.78, 5) is 54.4. The van der Waals surface area contributed by atoms with Gasteiger partial charge < -0.3 is 29.6 Å². The van der Waals surface area contributed by atoms with Crippen LogP contribution >= 0.6 is 0 Å². The van der Waals surface area contributed by atoms with Gasteiger partial charge in [0, 0.05) is 50.2 Å². The molecule has 0 amide bonds. The van der Waals surface area contributed by atoms with Crippen molar-refractivity contribution in [1.29, 1.82) is 0 Å². The van der Waals surface area contributed by atoms with Crippen LogP contribution in [-0.2, 0) is 30.3 Å². The minimum atomic E-state index is -1.27. The van der Waals surface area contributed by atoms with Gasteiger partial charge in [-0.25, -0.2) is 23.6 Å². The molecule has 0 aromatic heterocycles. The molecule has 0 radical (unpaired) electrons. The fourth-order valence-electron chi connectivity index (χ4n) is 6.47. The Morgan fingerprint density at radius 1 is 1.04 bits per heavy atom. The first kappa shape index (κ1) is 33.3. The number of allylic oxidation sites excluding steroid dienone is 2. The van der Waals surface area contributed by atoms with Gasteiger partial charge in [0.1, 0.15) is 29.9 Å². The van der Waals surface area contributed by atoms with Crippen molar-refractivity contribution in [1.82, 2.24) is 9.80 Å². The molecule has 49 heavy (non-hydrogen) atoms. The number of hydrogen-bond acceptors (Lipinski definition) is 10. The smallest absolute Gasteiger partial charge is 0.338 e. The predicted octanol–water partition coefficient (Wildman–Crippen LogP) is 3.83. The van der Waals surface area contributed by atoms with Crippen LogP contribution in [0.15, 0.2) is 89.3 Å². The van der Waals surface area contributed by atoms with Crippen molar-refractivity contribution in [3.05, 3.63) is 106 Å². The molecule has 252 valence electrons. The maximum absolute atomic E-state index is 15.6. The van der Waals surface area contributed by atoms with Gasteiger partial charge in [0.15, 0.2) is 17.5 Å². The molecule has 4 aliphatic rings. The Labute approximate surface area is 282 Å². The van der Waals surface area contributed by atoms with E-state index in [-0.39, 0.29) is 59.0 Å². The first-order valence-electron chi connectivity index (χ1n) is 16.0. The number of nitrogens with zero attached hydrogens (tertiary/aromatic N) is 4. The van der Waals surface area contributed by atoms with Gasteiger partial charge in [0.2, 0.25) is 0 Å². The summed E-state index contributed by atoms with van der Waals surface area (Å²) in [5.41, 5.74) is 2.31. The van der Waals surface area contributed by atoms with E-state index in [0.717, 1.165) is 18.4 Å². The number of halogens is 1. The highest BCUT2D eigenvalue weighted by Crippen LogP contribution is 2.44. The number of piperazine rings is 1. The summed E-state index contributed by atoms with van der Waals surface area (Å²) in [6.07, 6.45) is 6.88. The van der Waals surface area contributed by atoms with E-state index >= 15 is 4.39 Å². The van der Waals surface area contributed by atoms with E-state index < -0.39 is 11.8 Å². The topological polar surface area (TPSA) is 131 Å². The third-order valence-corrected chi connectivity index (χ3v) is 9.27. The summed E-state index contributed by atoms with van der Waals surface area (Å²) in [7, 11) is 0. The van der Waals surface area contributed by atoms with Crippen LogP contribution in [0, 0.1) is 5.82 Å². The van der Waals surface area contributed by atoms with E-state index in [4.69, 9.17) is 4.74 Å². The van der Waals surface area contributed by atoms with Crippen LogP contribution in [0.25, 0.3) is 5.57 Å². The highest BCUT2D eigenvalue weighted by molar-refractivity contribution is 6.16. The second kappa shape index (κ2) is 14.2. The van der Waals surface area contributed by atoms with Crippen molar-refractivity contribution in [2.45, 2.75) is 38.3 Å². The Morgan fingerprint density at radius 3 is 2.41 bits per heavy atom. The summed E-state index contributed by atoms with van der Waals surface area (Å²) in [5.74, 6) is 3.48. The van der Waals surface area contributed by atoms with Gasteiger partial charge in [-0.3, -0.25) is 4.90 Å². The lowest BCUT2D eigenvalue weighted by Gasteiger charge is -2.37. The molecule has 1 saturated carbocycles. The number of aliphatic carboxylic acids is 1. The van der Waals surface area contributed by atoms with Crippen molar-refractivity contribution in [3.63, 3.8) is 0 Å². The number of carboxylic acids is 1. The lowest BCUT2D eigenvalue weighted by atomic mass is 9.93. The van der Waals surface area contributed by atoms with Gasteiger partial charge in [-0.1, -0.05) is 30.3 Å². The van der Waals surface area contributed by atoms with Crippen molar-refractivity contribution in [2.75, 3.05) is 49.1 Å². The second-order valence-electron chi connectivity index (χ2n) is 12.4. The summed E-state index contributed by atoms with van der Waals surface area (Å²) < 4.78 is 21.6. The van der Waals surface area contributed by atoms with E-state index in [0.29, 0.717) is 49.7 Å². The molecule has 1 saturated heterocycles. The number of benzene rings is 2. The molecule has 2 N–H and O–H groups in total. The molecule has 1 aliphatic carbocycles. The molecule has 2 aromatic rings. The molecule has 0 bridgehead atoms. The molecular weight excluding hydrogens is 631 g/mol. The summed E-state index contributed by atoms with van der Waals surface area (Å²) >= 11 is 0.